The number of halogens is 1. The van der Waals surface area contributed by atoms with E-state index >= 15 is 0 Å². The van der Waals surface area contributed by atoms with Gasteiger partial charge in [-0.25, -0.2) is 4.39 Å². The van der Waals surface area contributed by atoms with E-state index in [1.807, 2.05) is 0 Å². The largest absolute Gasteiger partial charge is 0.487 e. The number of hydrogen-bond donors (Lipinski definition) is 1. The first-order chi connectivity index (χ1) is 16.1. The number of fused-ring (bicyclic) bond motifs is 3. The standard InChI is InChI=1S/C23H21FN4O2/c1-27-21-6-8-25-13-20(21)19-5-4-17(10-22(19)27)28-9-7-18(11-23(28)29)30-14-16-3-2-15(24)12-26-16/h2-5,7,9-12,25H,6,8,13-14H2,1H3/i6D2,13D2. The lowest BCUT2D eigenvalue weighted by molar-refractivity contribution is 0.300. The van der Waals surface area contributed by atoms with Crippen molar-refractivity contribution in [2.24, 2.45) is 7.05 Å². The van der Waals surface area contributed by atoms with E-state index < -0.39 is 18.7 Å². The average molecular weight is 408 g/mol. The summed E-state index contributed by atoms with van der Waals surface area (Å²) < 4.78 is 55.1. The topological polar surface area (TPSA) is 61.1 Å². The highest BCUT2D eigenvalue weighted by Crippen LogP contribution is 2.29. The molecule has 152 valence electrons. The van der Waals surface area contributed by atoms with Crippen LogP contribution in [-0.4, -0.2) is 20.7 Å². The zero-order chi connectivity index (χ0) is 24.3. The molecule has 0 unspecified atom stereocenters. The van der Waals surface area contributed by atoms with Gasteiger partial charge in [-0.2, -0.15) is 0 Å². The van der Waals surface area contributed by atoms with Crippen molar-refractivity contribution in [1.82, 2.24) is 19.4 Å². The third-order valence-corrected chi connectivity index (χ3v) is 5.09. The fourth-order valence-electron chi connectivity index (χ4n) is 3.58. The summed E-state index contributed by atoms with van der Waals surface area (Å²) in [5.41, 5.74) is 1.92. The summed E-state index contributed by atoms with van der Waals surface area (Å²) in [5, 5.41) is 3.24. The van der Waals surface area contributed by atoms with E-state index in [0.717, 1.165) is 6.20 Å². The highest BCUT2D eigenvalue weighted by Gasteiger charge is 2.18. The maximum Gasteiger partial charge on any atom is 0.258 e. The van der Waals surface area contributed by atoms with Gasteiger partial charge in [-0.3, -0.25) is 14.3 Å². The Morgan fingerprint density at radius 2 is 2.17 bits per heavy atom. The molecule has 0 saturated heterocycles. The molecule has 7 heteroatoms. The Morgan fingerprint density at radius 3 is 2.97 bits per heavy atom. The lowest BCUT2D eigenvalue weighted by Gasteiger charge is -2.14. The van der Waals surface area contributed by atoms with Crippen LogP contribution in [0.4, 0.5) is 4.39 Å². The molecule has 1 aliphatic heterocycles. The van der Waals surface area contributed by atoms with Gasteiger partial charge in [-0.05, 0) is 35.9 Å². The monoisotopic (exact) mass is 408 g/mol. The number of pyridine rings is 2. The van der Waals surface area contributed by atoms with E-state index in [2.05, 4.69) is 10.3 Å². The molecule has 6 nitrogen and oxygen atoms in total. The molecule has 0 fully saturated rings. The molecule has 4 heterocycles. The summed E-state index contributed by atoms with van der Waals surface area (Å²) in [6, 6.07) is 10.9. The lowest BCUT2D eigenvalue weighted by atomic mass is 10.1. The highest BCUT2D eigenvalue weighted by molar-refractivity contribution is 5.87. The van der Waals surface area contributed by atoms with Gasteiger partial charge in [0, 0.05) is 55.3 Å². The van der Waals surface area contributed by atoms with Gasteiger partial charge in [0.05, 0.1) is 23.1 Å². The van der Waals surface area contributed by atoms with Crippen LogP contribution in [0, 0.1) is 5.82 Å². The molecule has 0 radical (unpaired) electrons. The Bertz CT molecular complexity index is 1460. The summed E-state index contributed by atoms with van der Waals surface area (Å²) in [6.45, 7) is -1.93. The predicted molar refractivity (Wildman–Crippen MR) is 112 cm³/mol. The summed E-state index contributed by atoms with van der Waals surface area (Å²) in [4.78, 5) is 16.7. The van der Waals surface area contributed by atoms with Crippen LogP contribution in [0.3, 0.4) is 0 Å². The zero-order valence-corrected chi connectivity index (χ0v) is 16.1. The third-order valence-electron chi connectivity index (χ3n) is 5.09. The normalized spacial score (nSPS) is 18.7. The van der Waals surface area contributed by atoms with E-state index in [0.29, 0.717) is 28.0 Å². The average Bonchev–Trinajstić information content (AvgIpc) is 3.11. The van der Waals surface area contributed by atoms with Gasteiger partial charge in [-0.15, -0.1) is 0 Å². The van der Waals surface area contributed by atoms with Crippen LogP contribution in [-0.2, 0) is 26.5 Å². The minimum absolute atomic E-state index is 0.0859. The van der Waals surface area contributed by atoms with Crippen molar-refractivity contribution in [1.29, 1.82) is 0 Å². The van der Waals surface area contributed by atoms with Crippen molar-refractivity contribution in [3.63, 3.8) is 0 Å². The maximum atomic E-state index is 13.0. The van der Waals surface area contributed by atoms with Crippen LogP contribution in [0.5, 0.6) is 5.75 Å². The second kappa shape index (κ2) is 7.42. The molecule has 1 N–H and O–H groups in total. The molecule has 1 aliphatic rings. The first-order valence-electron chi connectivity index (χ1n) is 11.4. The van der Waals surface area contributed by atoms with Crippen LogP contribution in [0.2, 0.25) is 0 Å². The van der Waals surface area contributed by atoms with Gasteiger partial charge >= 0.3 is 0 Å². The van der Waals surface area contributed by atoms with Gasteiger partial charge in [0.1, 0.15) is 18.2 Å². The second-order valence-corrected chi connectivity index (χ2v) is 6.97. The first-order valence-corrected chi connectivity index (χ1v) is 9.41. The lowest BCUT2D eigenvalue weighted by Crippen LogP contribution is -2.24. The zero-order valence-electron chi connectivity index (χ0n) is 20.1. The van der Waals surface area contributed by atoms with Crippen LogP contribution in [0.1, 0.15) is 22.4 Å². The highest BCUT2D eigenvalue weighted by atomic mass is 19.1. The molecule has 0 bridgehead atoms. The second-order valence-electron chi connectivity index (χ2n) is 6.97. The summed E-state index contributed by atoms with van der Waals surface area (Å²) >= 11 is 0. The Balaban J connectivity index is 1.49. The Hall–Kier alpha value is -3.45. The number of rotatable bonds is 4. The Labute approximate surface area is 178 Å². The molecule has 0 spiro atoms. The molecule has 0 amide bonds. The first kappa shape index (κ1) is 14.5. The van der Waals surface area contributed by atoms with Crippen LogP contribution in [0.25, 0.3) is 16.6 Å². The van der Waals surface area contributed by atoms with Crippen molar-refractivity contribution in [2.45, 2.75) is 19.5 Å². The number of hydrogen-bond acceptors (Lipinski definition) is 4. The van der Waals surface area contributed by atoms with Crippen molar-refractivity contribution < 1.29 is 14.6 Å². The van der Waals surface area contributed by atoms with Gasteiger partial charge < -0.3 is 14.6 Å². The van der Waals surface area contributed by atoms with Crippen molar-refractivity contribution >= 4 is 10.9 Å². The SMILES string of the molecule is [2H]C1([2H])CNC([2H])([2H])c2c1n(C)c1cc(-n3ccc(OCc4ccc(F)cn4)cc3=O)ccc21. The van der Waals surface area contributed by atoms with E-state index in [4.69, 9.17) is 10.2 Å². The number of ether oxygens (including phenoxy) is 1. The fourth-order valence-corrected chi connectivity index (χ4v) is 3.58. The molecule has 0 saturated carbocycles. The molecule has 0 aliphatic carbocycles. The number of nitrogens with zero attached hydrogens (tertiary/aromatic N) is 3. The summed E-state index contributed by atoms with van der Waals surface area (Å²) in [6.07, 6.45) is 0.922. The minimum Gasteiger partial charge on any atom is -0.487 e. The molecular weight excluding hydrogens is 383 g/mol. The van der Waals surface area contributed by atoms with Crippen molar-refractivity contribution in [2.75, 3.05) is 6.54 Å². The number of nitrogens with one attached hydrogen (secondary N) is 1. The van der Waals surface area contributed by atoms with Gasteiger partial charge in [-0.1, -0.05) is 6.07 Å². The smallest absolute Gasteiger partial charge is 0.258 e. The fraction of sp³-hybridized carbons (Fsp3) is 0.217. The summed E-state index contributed by atoms with van der Waals surface area (Å²) in [5.74, 6) is -0.0961. The predicted octanol–water partition coefficient (Wildman–Crippen LogP) is 3.09. The summed E-state index contributed by atoms with van der Waals surface area (Å²) in [7, 11) is 1.70. The number of aryl methyl sites for hydroxylation is 1. The molecule has 5 rings (SSSR count). The molecule has 4 aromatic rings. The van der Waals surface area contributed by atoms with Crippen molar-refractivity contribution in [3.8, 4) is 11.4 Å². The number of aromatic nitrogens is 3. The van der Waals surface area contributed by atoms with Crippen molar-refractivity contribution in [3.05, 3.63) is 88.0 Å². The van der Waals surface area contributed by atoms with Gasteiger partial charge in [0.2, 0.25) is 0 Å². The van der Waals surface area contributed by atoms with Gasteiger partial charge in [0.25, 0.3) is 5.56 Å². The third kappa shape index (κ3) is 3.27. The molecule has 1 aromatic carbocycles. The van der Waals surface area contributed by atoms with E-state index in [9.17, 15) is 9.18 Å². The van der Waals surface area contributed by atoms with Gasteiger partial charge in [0.15, 0.2) is 0 Å². The van der Waals surface area contributed by atoms with Crippen LogP contribution < -0.4 is 15.6 Å². The molecule has 3 aromatic heterocycles. The Kier molecular flexibility index (Phi) is 3.59. The van der Waals surface area contributed by atoms with Crippen LogP contribution >= 0.6 is 0 Å². The number of benzene rings is 1. The van der Waals surface area contributed by atoms with E-state index in [1.54, 1.807) is 42.1 Å². The van der Waals surface area contributed by atoms with E-state index in [-0.39, 0.29) is 30.0 Å². The van der Waals surface area contributed by atoms with Crippen LogP contribution in [0.15, 0.2) is 59.7 Å². The maximum absolute atomic E-state index is 13.0. The molecule has 0 atom stereocenters. The molecule has 30 heavy (non-hydrogen) atoms. The minimum atomic E-state index is -1.88. The van der Waals surface area contributed by atoms with E-state index in [1.165, 1.54) is 22.8 Å². The molecular formula is C23H21FN4O2. The quantitative estimate of drug-likeness (QED) is 0.564. The Morgan fingerprint density at radius 1 is 1.27 bits per heavy atom.